The molecule has 33 heavy (non-hydrogen) atoms. The molecule has 1 saturated heterocycles. The number of pyridine rings is 1. The number of piperidine rings is 1. The molecule has 1 aliphatic heterocycles. The van der Waals surface area contributed by atoms with Gasteiger partial charge in [-0.25, -0.2) is 19.3 Å². The van der Waals surface area contributed by atoms with Crippen molar-refractivity contribution in [2.45, 2.75) is 18.9 Å². The van der Waals surface area contributed by atoms with Gasteiger partial charge in [0.2, 0.25) is 0 Å². The Hall–Kier alpha value is -4.50. The van der Waals surface area contributed by atoms with Crippen LogP contribution in [0.15, 0.2) is 55.0 Å². The molecule has 1 fully saturated rings. The van der Waals surface area contributed by atoms with E-state index in [2.05, 4.69) is 26.3 Å². The summed E-state index contributed by atoms with van der Waals surface area (Å²) >= 11 is 0. The van der Waals surface area contributed by atoms with Gasteiger partial charge in [-0.05, 0) is 49.2 Å². The molecule has 0 bridgehead atoms. The van der Waals surface area contributed by atoms with Gasteiger partial charge < -0.3 is 10.2 Å². The normalized spacial score (nSPS) is 15.7. The van der Waals surface area contributed by atoms with Crippen LogP contribution in [-0.4, -0.2) is 38.5 Å². The first-order valence-corrected chi connectivity index (χ1v) is 10.6. The number of anilines is 2. The van der Waals surface area contributed by atoms with Gasteiger partial charge in [-0.3, -0.25) is 4.40 Å². The molecular formula is C24H19FN8. The number of aromatic nitrogens is 4. The number of hydrogen-bond acceptors (Lipinski definition) is 7. The van der Waals surface area contributed by atoms with E-state index in [-0.39, 0.29) is 11.9 Å². The average Bonchev–Trinajstić information content (AvgIpc) is 3.27. The minimum atomic E-state index is -0.386. The summed E-state index contributed by atoms with van der Waals surface area (Å²) in [6.45, 7) is 1.36. The molecule has 0 spiro atoms. The molecule has 8 nitrogen and oxygen atoms in total. The van der Waals surface area contributed by atoms with E-state index in [4.69, 9.17) is 5.26 Å². The minimum Gasteiger partial charge on any atom is -0.367 e. The predicted molar refractivity (Wildman–Crippen MR) is 121 cm³/mol. The molecule has 1 unspecified atom stereocenters. The molecule has 162 valence electrons. The van der Waals surface area contributed by atoms with E-state index in [1.165, 1.54) is 6.07 Å². The first-order chi connectivity index (χ1) is 16.1. The number of benzene rings is 1. The summed E-state index contributed by atoms with van der Waals surface area (Å²) in [5, 5.41) is 21.6. The topological polar surface area (TPSA) is 106 Å². The number of nitriles is 2. The van der Waals surface area contributed by atoms with Crippen LogP contribution in [0.5, 0.6) is 0 Å². The second kappa shape index (κ2) is 8.56. The third kappa shape index (κ3) is 4.04. The van der Waals surface area contributed by atoms with E-state index in [9.17, 15) is 9.65 Å². The van der Waals surface area contributed by atoms with Crippen molar-refractivity contribution >= 4 is 17.2 Å². The number of hydrogen-bond donors (Lipinski definition) is 1. The quantitative estimate of drug-likeness (QED) is 0.517. The first kappa shape index (κ1) is 20.4. The van der Waals surface area contributed by atoms with Gasteiger partial charge in [-0.2, -0.15) is 10.5 Å². The number of imidazole rings is 1. The van der Waals surface area contributed by atoms with E-state index < -0.39 is 0 Å². The van der Waals surface area contributed by atoms with Gasteiger partial charge in [0.1, 0.15) is 29.0 Å². The molecule has 9 heteroatoms. The zero-order valence-electron chi connectivity index (χ0n) is 17.6. The smallest absolute Gasteiger partial charge is 0.180 e. The van der Waals surface area contributed by atoms with Crippen LogP contribution in [0.1, 0.15) is 24.0 Å². The van der Waals surface area contributed by atoms with Gasteiger partial charge >= 0.3 is 0 Å². The highest BCUT2D eigenvalue weighted by atomic mass is 19.1. The molecule has 5 rings (SSSR count). The van der Waals surface area contributed by atoms with Crippen molar-refractivity contribution in [2.75, 3.05) is 23.3 Å². The highest BCUT2D eigenvalue weighted by Crippen LogP contribution is 2.26. The predicted octanol–water partition coefficient (Wildman–Crippen LogP) is 3.75. The lowest BCUT2D eigenvalue weighted by atomic mass is 10.0. The lowest BCUT2D eigenvalue weighted by Gasteiger charge is -2.35. The molecule has 1 aromatic carbocycles. The summed E-state index contributed by atoms with van der Waals surface area (Å²) in [6.07, 6.45) is 6.91. The Balaban J connectivity index is 1.36. The molecule has 1 N–H and O–H groups in total. The van der Waals surface area contributed by atoms with E-state index in [1.54, 1.807) is 53.3 Å². The Bertz CT molecular complexity index is 1410. The largest absolute Gasteiger partial charge is 0.367 e. The van der Waals surface area contributed by atoms with Gasteiger partial charge in [0.05, 0.1) is 29.1 Å². The summed E-state index contributed by atoms with van der Waals surface area (Å²) in [5.74, 6) is 0.773. The monoisotopic (exact) mass is 438 g/mol. The molecule has 4 heterocycles. The Kier molecular flexibility index (Phi) is 5.29. The van der Waals surface area contributed by atoms with Crippen LogP contribution in [0, 0.1) is 28.5 Å². The van der Waals surface area contributed by atoms with Crippen molar-refractivity contribution in [1.82, 2.24) is 19.4 Å². The van der Waals surface area contributed by atoms with Gasteiger partial charge in [-0.15, -0.1) is 0 Å². The van der Waals surface area contributed by atoms with Gasteiger partial charge in [0.25, 0.3) is 0 Å². The second-order valence-electron chi connectivity index (χ2n) is 7.87. The van der Waals surface area contributed by atoms with E-state index in [0.29, 0.717) is 46.3 Å². The van der Waals surface area contributed by atoms with Crippen molar-refractivity contribution < 1.29 is 4.39 Å². The fourth-order valence-electron chi connectivity index (χ4n) is 4.13. The first-order valence-electron chi connectivity index (χ1n) is 10.6. The standard InChI is InChI=1S/C24H19FN8/c25-19-10-16(11-26)3-5-20(19)32-9-1-2-18(15-32)30-22-7-8-28-24(31-22)21-13-29-23-6-4-17(12-27)14-33(21)23/h3-8,10,13-14,18H,1-2,9,15H2,(H,28,30,31). The van der Waals surface area contributed by atoms with E-state index in [1.807, 2.05) is 11.0 Å². The van der Waals surface area contributed by atoms with Crippen LogP contribution in [0.4, 0.5) is 15.9 Å². The second-order valence-corrected chi connectivity index (χ2v) is 7.87. The summed E-state index contributed by atoms with van der Waals surface area (Å²) in [7, 11) is 0. The molecule has 0 radical (unpaired) electrons. The summed E-state index contributed by atoms with van der Waals surface area (Å²) in [6, 6.07) is 14.1. The van der Waals surface area contributed by atoms with Crippen LogP contribution in [0.25, 0.3) is 17.2 Å². The van der Waals surface area contributed by atoms with Gasteiger partial charge in [0.15, 0.2) is 5.82 Å². The zero-order chi connectivity index (χ0) is 22.8. The minimum absolute atomic E-state index is 0.0731. The maximum Gasteiger partial charge on any atom is 0.180 e. The van der Waals surface area contributed by atoms with Crippen LogP contribution in [0.3, 0.4) is 0 Å². The fourth-order valence-corrected chi connectivity index (χ4v) is 4.13. The Labute approximate surface area is 189 Å². The van der Waals surface area contributed by atoms with Gasteiger partial charge in [0, 0.05) is 31.5 Å². The number of fused-ring (bicyclic) bond motifs is 1. The SMILES string of the molecule is N#Cc1ccc(N2CCCC(Nc3ccnc(-c4cnc5ccc(C#N)cn45)n3)C2)c(F)c1. The van der Waals surface area contributed by atoms with Crippen LogP contribution in [0.2, 0.25) is 0 Å². The van der Waals surface area contributed by atoms with Gasteiger partial charge in [-0.1, -0.05) is 0 Å². The van der Waals surface area contributed by atoms with Crippen LogP contribution >= 0.6 is 0 Å². The van der Waals surface area contributed by atoms with E-state index >= 15 is 0 Å². The Morgan fingerprint density at radius 3 is 2.73 bits per heavy atom. The zero-order valence-corrected chi connectivity index (χ0v) is 17.6. The van der Waals surface area contributed by atoms with Crippen molar-refractivity contribution in [1.29, 1.82) is 10.5 Å². The fraction of sp³-hybridized carbons (Fsp3) is 0.208. The maximum atomic E-state index is 14.5. The molecule has 0 aliphatic carbocycles. The van der Waals surface area contributed by atoms with Crippen LogP contribution in [-0.2, 0) is 0 Å². The third-order valence-corrected chi connectivity index (χ3v) is 5.71. The van der Waals surface area contributed by atoms with Crippen molar-refractivity contribution in [2.24, 2.45) is 0 Å². The number of halogens is 1. The lowest BCUT2D eigenvalue weighted by molar-refractivity contribution is 0.518. The van der Waals surface area contributed by atoms with E-state index in [0.717, 1.165) is 19.4 Å². The lowest BCUT2D eigenvalue weighted by Crippen LogP contribution is -2.42. The molecular weight excluding hydrogens is 419 g/mol. The molecule has 1 aliphatic rings. The Morgan fingerprint density at radius 1 is 1.06 bits per heavy atom. The molecule has 3 aromatic heterocycles. The number of nitrogens with one attached hydrogen (secondary N) is 1. The third-order valence-electron chi connectivity index (χ3n) is 5.71. The van der Waals surface area contributed by atoms with Crippen molar-refractivity contribution in [3.8, 4) is 23.7 Å². The maximum absolute atomic E-state index is 14.5. The Morgan fingerprint density at radius 2 is 1.91 bits per heavy atom. The molecule has 4 aromatic rings. The number of rotatable bonds is 4. The highest BCUT2D eigenvalue weighted by molar-refractivity contribution is 5.59. The molecule has 0 amide bonds. The van der Waals surface area contributed by atoms with Crippen LogP contribution < -0.4 is 10.2 Å². The van der Waals surface area contributed by atoms with Crippen molar-refractivity contribution in [3.05, 3.63) is 71.9 Å². The average molecular weight is 438 g/mol. The highest BCUT2D eigenvalue weighted by Gasteiger charge is 2.23. The number of nitrogens with zero attached hydrogens (tertiary/aromatic N) is 7. The summed E-state index contributed by atoms with van der Waals surface area (Å²) < 4.78 is 16.3. The molecule has 1 atom stereocenters. The summed E-state index contributed by atoms with van der Waals surface area (Å²) in [4.78, 5) is 15.4. The molecule has 0 saturated carbocycles. The summed E-state index contributed by atoms with van der Waals surface area (Å²) in [5.41, 5.74) is 2.73. The van der Waals surface area contributed by atoms with Crippen molar-refractivity contribution in [3.63, 3.8) is 0 Å².